The van der Waals surface area contributed by atoms with E-state index in [1.807, 2.05) is 12.1 Å². The standard InChI is InChI=1S/C33H45N5O7S2/c1-9-47(42,43)25-17-12-23(13-18-25)20-27-26(36-29(46-27)35-21(2)39)19-14-22-10-15-24(16-11-22)37-33(31(3,4)5,44-28(34)40)45-30(41)38-32(6,7)8/h10-13,15-18,37H,9,14,19-20H2,1-8H3,(H2,34,40)(H,38,41)(H,35,36,39). The third-order valence-corrected chi connectivity index (χ3v) is 9.71. The molecule has 0 saturated heterocycles. The summed E-state index contributed by atoms with van der Waals surface area (Å²) in [6, 6.07) is 14.2. The molecular formula is C33H45N5O7S2. The lowest BCUT2D eigenvalue weighted by molar-refractivity contribution is -0.202. The molecule has 0 saturated carbocycles. The van der Waals surface area contributed by atoms with Crippen molar-refractivity contribution in [1.82, 2.24) is 10.3 Å². The van der Waals surface area contributed by atoms with E-state index in [0.717, 1.165) is 21.7 Å². The van der Waals surface area contributed by atoms with Gasteiger partial charge in [0, 0.05) is 29.4 Å². The van der Waals surface area contributed by atoms with Crippen LogP contribution >= 0.6 is 11.3 Å². The number of nitrogens with two attached hydrogens (primary N) is 1. The predicted molar refractivity (Wildman–Crippen MR) is 183 cm³/mol. The van der Waals surface area contributed by atoms with Crippen molar-refractivity contribution >= 4 is 50.1 Å². The van der Waals surface area contributed by atoms with E-state index < -0.39 is 38.9 Å². The van der Waals surface area contributed by atoms with Gasteiger partial charge in [-0.15, -0.1) is 11.3 Å². The average molecular weight is 688 g/mol. The molecule has 14 heteroatoms. The van der Waals surface area contributed by atoms with E-state index in [-0.39, 0.29) is 16.6 Å². The molecule has 1 aromatic heterocycles. The molecule has 0 aliphatic heterocycles. The Morgan fingerprint density at radius 2 is 1.49 bits per heavy atom. The highest BCUT2D eigenvalue weighted by molar-refractivity contribution is 7.91. The average Bonchev–Trinajstić information content (AvgIpc) is 3.30. The van der Waals surface area contributed by atoms with Gasteiger partial charge in [0.05, 0.1) is 21.8 Å². The van der Waals surface area contributed by atoms with Gasteiger partial charge in [0.2, 0.25) is 5.91 Å². The number of carbonyl (C=O) groups excluding carboxylic acids is 3. The summed E-state index contributed by atoms with van der Waals surface area (Å²) >= 11 is 1.39. The van der Waals surface area contributed by atoms with E-state index in [9.17, 15) is 22.8 Å². The summed E-state index contributed by atoms with van der Waals surface area (Å²) < 4.78 is 35.6. The van der Waals surface area contributed by atoms with Crippen LogP contribution in [0.3, 0.4) is 0 Å². The summed E-state index contributed by atoms with van der Waals surface area (Å²) in [6.07, 6.45) is -0.187. The molecule has 0 aliphatic rings. The van der Waals surface area contributed by atoms with Crippen LogP contribution < -0.4 is 21.7 Å². The number of nitrogens with zero attached hydrogens (tertiary/aromatic N) is 1. The minimum absolute atomic E-state index is 0.0312. The lowest BCUT2D eigenvalue weighted by Crippen LogP contribution is -2.59. The van der Waals surface area contributed by atoms with E-state index in [1.54, 1.807) is 84.9 Å². The molecule has 12 nitrogen and oxygen atoms in total. The first-order chi connectivity index (χ1) is 21.7. The van der Waals surface area contributed by atoms with Crippen molar-refractivity contribution in [2.24, 2.45) is 11.1 Å². The third-order valence-electron chi connectivity index (χ3n) is 6.95. The summed E-state index contributed by atoms with van der Waals surface area (Å²) in [5, 5.41) is 9.02. The maximum absolute atomic E-state index is 12.8. The molecule has 5 N–H and O–H groups in total. The zero-order chi connectivity index (χ0) is 35.2. The van der Waals surface area contributed by atoms with Crippen molar-refractivity contribution in [2.75, 3.05) is 16.4 Å². The molecule has 0 aliphatic carbocycles. The van der Waals surface area contributed by atoms with Gasteiger partial charge in [-0.05, 0) is 69.0 Å². The van der Waals surface area contributed by atoms with Gasteiger partial charge in [0.25, 0.3) is 0 Å². The first-order valence-electron chi connectivity index (χ1n) is 15.2. The number of primary amides is 1. The lowest BCUT2D eigenvalue weighted by atomic mass is 9.90. The van der Waals surface area contributed by atoms with Gasteiger partial charge in [-0.25, -0.2) is 23.0 Å². The van der Waals surface area contributed by atoms with Crippen molar-refractivity contribution < 1.29 is 32.3 Å². The molecule has 3 amide bonds. The van der Waals surface area contributed by atoms with Crippen LogP contribution in [0.2, 0.25) is 0 Å². The monoisotopic (exact) mass is 687 g/mol. The maximum atomic E-state index is 12.8. The second-order valence-corrected chi connectivity index (χ2v) is 16.5. The number of aromatic nitrogens is 1. The quantitative estimate of drug-likeness (QED) is 0.166. The number of amides is 3. The number of carbonyl (C=O) groups is 3. The van der Waals surface area contributed by atoms with Crippen molar-refractivity contribution in [2.45, 2.75) is 91.0 Å². The molecule has 1 heterocycles. The lowest BCUT2D eigenvalue weighted by Gasteiger charge is -2.42. The Labute approximate surface area is 280 Å². The van der Waals surface area contributed by atoms with E-state index in [2.05, 4.69) is 20.9 Å². The van der Waals surface area contributed by atoms with Gasteiger partial charge in [-0.1, -0.05) is 52.0 Å². The molecule has 47 heavy (non-hydrogen) atoms. The molecule has 2 aromatic carbocycles. The smallest absolute Gasteiger partial charge is 0.387 e. The zero-order valence-corrected chi connectivity index (χ0v) is 29.8. The highest BCUT2D eigenvalue weighted by atomic mass is 32.2. The molecule has 1 unspecified atom stereocenters. The minimum atomic E-state index is -3.30. The maximum Gasteiger partial charge on any atom is 0.412 e. The van der Waals surface area contributed by atoms with Crippen LogP contribution in [-0.2, 0) is 43.4 Å². The summed E-state index contributed by atoms with van der Waals surface area (Å²) in [7, 11) is -3.30. The number of alkyl carbamates (subject to hydrolysis) is 1. The number of hydrogen-bond acceptors (Lipinski definition) is 10. The molecule has 0 spiro atoms. The largest absolute Gasteiger partial charge is 0.412 e. The Morgan fingerprint density at radius 3 is 2.00 bits per heavy atom. The van der Waals surface area contributed by atoms with Crippen LogP contribution in [0.25, 0.3) is 0 Å². The molecule has 3 aromatic rings. The van der Waals surface area contributed by atoms with Crippen molar-refractivity contribution in [1.29, 1.82) is 0 Å². The van der Waals surface area contributed by atoms with Gasteiger partial charge in [-0.2, -0.15) is 0 Å². The number of thiazole rings is 1. The Bertz CT molecular complexity index is 1670. The van der Waals surface area contributed by atoms with Gasteiger partial charge in [0.1, 0.15) is 0 Å². The van der Waals surface area contributed by atoms with Crippen LogP contribution in [-0.4, -0.2) is 48.7 Å². The van der Waals surface area contributed by atoms with Crippen LogP contribution in [0, 0.1) is 5.41 Å². The van der Waals surface area contributed by atoms with Crippen LogP contribution in [0.1, 0.15) is 77.1 Å². The number of nitrogens with one attached hydrogen (secondary N) is 3. The normalized spacial score (nSPS) is 13.3. The van der Waals surface area contributed by atoms with Crippen molar-refractivity contribution in [3.8, 4) is 0 Å². The fraction of sp³-hybridized carbons (Fsp3) is 0.455. The molecule has 0 radical (unpaired) electrons. The van der Waals surface area contributed by atoms with E-state index >= 15 is 0 Å². The molecule has 1 atom stereocenters. The van der Waals surface area contributed by atoms with E-state index in [1.165, 1.54) is 18.3 Å². The SMILES string of the molecule is CCS(=O)(=O)c1ccc(Cc2sc(NC(C)=O)nc2CCc2ccc(NC(OC(N)=O)(OC(=O)NC(C)(C)C)C(C)(C)C)cc2)cc1. The van der Waals surface area contributed by atoms with Gasteiger partial charge >= 0.3 is 18.1 Å². The summed E-state index contributed by atoms with van der Waals surface area (Å²) in [5.74, 6) is -2.12. The summed E-state index contributed by atoms with van der Waals surface area (Å²) in [5.41, 5.74) is 7.11. The van der Waals surface area contributed by atoms with E-state index in [4.69, 9.17) is 15.2 Å². The first kappa shape index (κ1) is 37.3. The fourth-order valence-corrected chi connectivity index (χ4v) is 6.44. The van der Waals surface area contributed by atoms with Gasteiger partial charge in [-0.3, -0.25) is 4.79 Å². The Balaban J connectivity index is 1.81. The van der Waals surface area contributed by atoms with Crippen LogP contribution in [0.15, 0.2) is 53.4 Å². The minimum Gasteiger partial charge on any atom is -0.387 e. The highest BCUT2D eigenvalue weighted by Crippen LogP contribution is 2.37. The van der Waals surface area contributed by atoms with Crippen molar-refractivity contribution in [3.63, 3.8) is 0 Å². The first-order valence-corrected chi connectivity index (χ1v) is 17.6. The van der Waals surface area contributed by atoms with Crippen LogP contribution in [0.4, 0.5) is 20.4 Å². The number of rotatable bonds is 12. The molecular weight excluding hydrogens is 643 g/mol. The van der Waals surface area contributed by atoms with Crippen molar-refractivity contribution in [3.05, 3.63) is 70.2 Å². The van der Waals surface area contributed by atoms with Gasteiger partial charge in [0.15, 0.2) is 15.0 Å². The third kappa shape index (κ3) is 10.7. The molecule has 3 rings (SSSR count). The van der Waals surface area contributed by atoms with Gasteiger partial charge < -0.3 is 31.2 Å². The topological polar surface area (TPSA) is 179 Å². The predicted octanol–water partition coefficient (Wildman–Crippen LogP) is 6.00. The molecule has 0 bridgehead atoms. The highest BCUT2D eigenvalue weighted by Gasteiger charge is 2.50. The zero-order valence-electron chi connectivity index (χ0n) is 28.1. The number of aryl methyl sites for hydroxylation is 2. The second-order valence-electron chi connectivity index (χ2n) is 13.2. The number of sulfone groups is 1. The molecule has 0 fully saturated rings. The fourth-order valence-electron chi connectivity index (χ4n) is 4.46. The molecule has 256 valence electrons. The Hall–Kier alpha value is -4.17. The van der Waals surface area contributed by atoms with E-state index in [0.29, 0.717) is 30.1 Å². The number of ether oxygens (including phenoxy) is 2. The number of benzene rings is 2. The Kier molecular flexibility index (Phi) is 11.7. The van der Waals surface area contributed by atoms with Crippen LogP contribution in [0.5, 0.6) is 0 Å². The summed E-state index contributed by atoms with van der Waals surface area (Å²) in [4.78, 5) is 42.4. The summed E-state index contributed by atoms with van der Waals surface area (Å²) in [6.45, 7) is 13.6. The number of anilines is 2. The Morgan fingerprint density at radius 1 is 0.894 bits per heavy atom. The number of hydrogen-bond donors (Lipinski definition) is 4. The second kappa shape index (κ2) is 14.7.